The second-order valence-corrected chi connectivity index (χ2v) is 2.60. The Morgan fingerprint density at radius 3 is 2.73 bits per heavy atom. The van der Waals surface area contributed by atoms with Crippen LogP contribution < -0.4 is 0 Å². The molecule has 0 nitrogen and oxygen atoms in total. The van der Waals surface area contributed by atoms with E-state index in [1.165, 1.54) is 6.07 Å². The van der Waals surface area contributed by atoms with E-state index in [4.69, 9.17) is 11.6 Å². The molecule has 2 heteroatoms. The standard InChI is InChI=1S/C9H8ClF/c1-2-3-7-4-5-8(10)6-9(7)11/h2-6H,1H3. The molecular weight excluding hydrogens is 163 g/mol. The van der Waals surface area contributed by atoms with Crippen LogP contribution in [0, 0.1) is 5.82 Å². The molecule has 0 amide bonds. The molecule has 0 saturated heterocycles. The van der Waals surface area contributed by atoms with Crippen LogP contribution in [0.15, 0.2) is 24.3 Å². The smallest absolute Gasteiger partial charge is 0.131 e. The zero-order valence-corrected chi connectivity index (χ0v) is 6.90. The third-order valence-corrected chi connectivity index (χ3v) is 1.54. The van der Waals surface area contributed by atoms with Gasteiger partial charge in [0.05, 0.1) is 0 Å². The summed E-state index contributed by atoms with van der Waals surface area (Å²) in [5.41, 5.74) is 0.567. The van der Waals surface area contributed by atoms with E-state index in [9.17, 15) is 4.39 Å². The van der Waals surface area contributed by atoms with Gasteiger partial charge in [-0.25, -0.2) is 4.39 Å². The first-order valence-electron chi connectivity index (χ1n) is 3.32. The summed E-state index contributed by atoms with van der Waals surface area (Å²) in [6, 6.07) is 4.62. The summed E-state index contributed by atoms with van der Waals surface area (Å²) in [5.74, 6) is -0.282. The minimum Gasteiger partial charge on any atom is -0.206 e. The first kappa shape index (κ1) is 8.28. The van der Waals surface area contributed by atoms with Crippen molar-refractivity contribution in [2.75, 3.05) is 0 Å². The number of hydrogen-bond donors (Lipinski definition) is 0. The van der Waals surface area contributed by atoms with Crippen molar-refractivity contribution >= 4 is 17.7 Å². The molecule has 0 unspecified atom stereocenters. The summed E-state index contributed by atoms with van der Waals surface area (Å²) < 4.78 is 12.9. The van der Waals surface area contributed by atoms with Crippen molar-refractivity contribution in [2.45, 2.75) is 6.92 Å². The molecule has 0 aromatic heterocycles. The highest BCUT2D eigenvalue weighted by Gasteiger charge is 1.97. The molecule has 0 N–H and O–H groups in total. The zero-order valence-electron chi connectivity index (χ0n) is 6.14. The Kier molecular flexibility index (Phi) is 2.66. The maximum atomic E-state index is 12.9. The highest BCUT2D eigenvalue weighted by atomic mass is 35.5. The molecule has 1 rings (SSSR count). The topological polar surface area (TPSA) is 0 Å². The minimum absolute atomic E-state index is 0.282. The van der Waals surface area contributed by atoms with Crippen molar-refractivity contribution in [3.05, 3.63) is 40.7 Å². The molecule has 0 spiro atoms. The molecule has 0 heterocycles. The van der Waals surface area contributed by atoms with Crippen molar-refractivity contribution in [3.8, 4) is 0 Å². The first-order chi connectivity index (χ1) is 5.24. The van der Waals surface area contributed by atoms with Gasteiger partial charge in [0.15, 0.2) is 0 Å². The molecule has 0 saturated carbocycles. The fourth-order valence-electron chi connectivity index (χ4n) is 0.816. The number of allylic oxidation sites excluding steroid dienone is 1. The fraction of sp³-hybridized carbons (Fsp3) is 0.111. The molecule has 0 fully saturated rings. The zero-order chi connectivity index (χ0) is 8.27. The number of hydrogen-bond acceptors (Lipinski definition) is 0. The normalized spacial score (nSPS) is 10.8. The van der Waals surface area contributed by atoms with Crippen molar-refractivity contribution in [3.63, 3.8) is 0 Å². The van der Waals surface area contributed by atoms with Crippen LogP contribution in [0.3, 0.4) is 0 Å². The van der Waals surface area contributed by atoms with Crippen LogP contribution in [0.4, 0.5) is 4.39 Å². The van der Waals surface area contributed by atoms with Gasteiger partial charge in [-0.1, -0.05) is 29.8 Å². The van der Waals surface area contributed by atoms with Crippen LogP contribution >= 0.6 is 11.6 Å². The molecule has 58 valence electrons. The van der Waals surface area contributed by atoms with Gasteiger partial charge in [0.1, 0.15) is 5.82 Å². The Labute approximate surface area is 70.3 Å². The Morgan fingerprint density at radius 1 is 1.45 bits per heavy atom. The highest BCUT2D eigenvalue weighted by molar-refractivity contribution is 6.30. The monoisotopic (exact) mass is 170 g/mol. The Balaban J connectivity index is 3.09. The lowest BCUT2D eigenvalue weighted by Crippen LogP contribution is -1.79. The minimum atomic E-state index is -0.282. The van der Waals surface area contributed by atoms with E-state index in [2.05, 4.69) is 0 Å². The van der Waals surface area contributed by atoms with Crippen LogP contribution in [0.2, 0.25) is 5.02 Å². The third kappa shape index (κ3) is 2.05. The number of rotatable bonds is 1. The summed E-state index contributed by atoms with van der Waals surface area (Å²) in [5, 5.41) is 0.427. The summed E-state index contributed by atoms with van der Waals surface area (Å²) in [7, 11) is 0. The van der Waals surface area contributed by atoms with E-state index in [1.807, 2.05) is 6.92 Å². The average Bonchev–Trinajstić information content (AvgIpc) is 1.95. The van der Waals surface area contributed by atoms with Crippen LogP contribution in [-0.2, 0) is 0 Å². The maximum Gasteiger partial charge on any atom is 0.131 e. The van der Waals surface area contributed by atoms with Gasteiger partial charge in [0, 0.05) is 10.6 Å². The van der Waals surface area contributed by atoms with Gasteiger partial charge in [0.25, 0.3) is 0 Å². The van der Waals surface area contributed by atoms with Gasteiger partial charge < -0.3 is 0 Å². The van der Waals surface area contributed by atoms with Crippen molar-refractivity contribution in [2.24, 2.45) is 0 Å². The summed E-state index contributed by atoms with van der Waals surface area (Å²) >= 11 is 5.55. The van der Waals surface area contributed by atoms with Crippen molar-refractivity contribution < 1.29 is 4.39 Å². The maximum absolute atomic E-state index is 12.9. The molecule has 1 aromatic carbocycles. The largest absolute Gasteiger partial charge is 0.206 e. The van der Waals surface area contributed by atoms with Crippen LogP contribution in [0.1, 0.15) is 12.5 Å². The van der Waals surface area contributed by atoms with Gasteiger partial charge in [-0.05, 0) is 19.1 Å². The molecule has 0 aliphatic heterocycles. The molecule has 0 aliphatic rings. The van der Waals surface area contributed by atoms with Crippen LogP contribution in [-0.4, -0.2) is 0 Å². The van der Waals surface area contributed by atoms with Crippen molar-refractivity contribution in [1.82, 2.24) is 0 Å². The third-order valence-electron chi connectivity index (χ3n) is 1.31. The predicted octanol–water partition coefficient (Wildman–Crippen LogP) is 3.51. The van der Waals surface area contributed by atoms with Crippen LogP contribution in [0.5, 0.6) is 0 Å². The molecule has 11 heavy (non-hydrogen) atoms. The lowest BCUT2D eigenvalue weighted by Gasteiger charge is -1.95. The highest BCUT2D eigenvalue weighted by Crippen LogP contribution is 2.15. The molecule has 0 radical (unpaired) electrons. The van der Waals surface area contributed by atoms with Gasteiger partial charge in [0.2, 0.25) is 0 Å². The molecule has 0 aliphatic carbocycles. The lowest BCUT2D eigenvalue weighted by molar-refractivity contribution is 0.625. The van der Waals surface area contributed by atoms with E-state index < -0.39 is 0 Å². The van der Waals surface area contributed by atoms with E-state index >= 15 is 0 Å². The van der Waals surface area contributed by atoms with E-state index in [0.29, 0.717) is 10.6 Å². The second kappa shape index (κ2) is 3.54. The van der Waals surface area contributed by atoms with Gasteiger partial charge >= 0.3 is 0 Å². The van der Waals surface area contributed by atoms with E-state index in [0.717, 1.165) is 0 Å². The van der Waals surface area contributed by atoms with E-state index in [1.54, 1.807) is 24.3 Å². The Hall–Kier alpha value is -0.820. The molecule has 0 bridgehead atoms. The molecule has 1 aromatic rings. The summed E-state index contributed by atoms with van der Waals surface area (Å²) in [6.45, 7) is 1.84. The fourth-order valence-corrected chi connectivity index (χ4v) is 0.975. The van der Waals surface area contributed by atoms with Gasteiger partial charge in [-0.3, -0.25) is 0 Å². The lowest BCUT2D eigenvalue weighted by atomic mass is 10.2. The van der Waals surface area contributed by atoms with E-state index in [-0.39, 0.29) is 5.82 Å². The molecule has 0 atom stereocenters. The van der Waals surface area contributed by atoms with Gasteiger partial charge in [-0.15, -0.1) is 0 Å². The van der Waals surface area contributed by atoms with Crippen molar-refractivity contribution in [1.29, 1.82) is 0 Å². The van der Waals surface area contributed by atoms with Crippen LogP contribution in [0.25, 0.3) is 6.08 Å². The Morgan fingerprint density at radius 2 is 2.18 bits per heavy atom. The number of halogens is 2. The van der Waals surface area contributed by atoms with Gasteiger partial charge in [-0.2, -0.15) is 0 Å². The predicted molar refractivity (Wildman–Crippen MR) is 46.1 cm³/mol. The second-order valence-electron chi connectivity index (χ2n) is 2.17. The average molecular weight is 171 g/mol. The Bertz CT molecular complexity index is 279. The number of benzene rings is 1. The summed E-state index contributed by atoms with van der Waals surface area (Å²) in [6.07, 6.45) is 3.48. The molecular formula is C9H8ClF. The SMILES string of the molecule is CC=Cc1ccc(Cl)cc1F. The summed E-state index contributed by atoms with van der Waals surface area (Å²) in [4.78, 5) is 0. The first-order valence-corrected chi connectivity index (χ1v) is 3.69. The quantitative estimate of drug-likeness (QED) is 0.605.